The quantitative estimate of drug-likeness (QED) is 0.857. The lowest BCUT2D eigenvalue weighted by molar-refractivity contribution is -0.129. The van der Waals surface area contributed by atoms with E-state index >= 15 is 0 Å². The molecule has 6 nitrogen and oxygen atoms in total. The van der Waals surface area contributed by atoms with Gasteiger partial charge in [-0.3, -0.25) is 9.78 Å². The second-order valence-corrected chi connectivity index (χ2v) is 5.91. The molecule has 2 atom stereocenters. The molecule has 1 amide bonds. The van der Waals surface area contributed by atoms with Crippen LogP contribution in [0.5, 0.6) is 0 Å². The van der Waals surface area contributed by atoms with Gasteiger partial charge in [0.2, 0.25) is 11.9 Å². The first kappa shape index (κ1) is 14.0. The van der Waals surface area contributed by atoms with Crippen LogP contribution < -0.4 is 4.90 Å². The Morgan fingerprint density at radius 1 is 1.22 bits per heavy atom. The molecule has 0 N–H and O–H groups in total. The zero-order valence-corrected chi connectivity index (χ0v) is 12.5. The third-order valence-corrected chi connectivity index (χ3v) is 4.55. The molecular formula is C16H16FN5O. The molecule has 4 heterocycles. The molecule has 0 aliphatic carbocycles. The van der Waals surface area contributed by atoms with Gasteiger partial charge in [-0.05, 0) is 18.1 Å². The summed E-state index contributed by atoms with van der Waals surface area (Å²) in [6, 6.07) is 4.06. The van der Waals surface area contributed by atoms with Crippen molar-refractivity contribution in [2.45, 2.75) is 31.5 Å². The molecule has 118 valence electrons. The SMILES string of the molecule is O=C1C[C@@H]2[C@@H](CCN2c2ncc(F)cn2)N1Cc1cccnc1. The summed E-state index contributed by atoms with van der Waals surface area (Å²) in [6.45, 7) is 1.35. The fraction of sp³-hybridized carbons (Fsp3) is 0.375. The minimum atomic E-state index is -0.454. The average Bonchev–Trinajstić information content (AvgIpc) is 3.10. The number of likely N-dealkylation sites (tertiary alicyclic amines) is 1. The van der Waals surface area contributed by atoms with Gasteiger partial charge >= 0.3 is 0 Å². The first-order valence-corrected chi connectivity index (χ1v) is 7.65. The summed E-state index contributed by atoms with van der Waals surface area (Å²) < 4.78 is 13.0. The van der Waals surface area contributed by atoms with Gasteiger partial charge in [-0.1, -0.05) is 6.07 Å². The highest BCUT2D eigenvalue weighted by Gasteiger charge is 2.47. The third-order valence-electron chi connectivity index (χ3n) is 4.55. The maximum atomic E-state index is 13.0. The summed E-state index contributed by atoms with van der Waals surface area (Å²) in [5.41, 5.74) is 1.03. The van der Waals surface area contributed by atoms with E-state index in [-0.39, 0.29) is 18.0 Å². The van der Waals surface area contributed by atoms with E-state index in [1.807, 2.05) is 21.9 Å². The van der Waals surface area contributed by atoms with Crippen LogP contribution in [0.15, 0.2) is 36.9 Å². The van der Waals surface area contributed by atoms with E-state index in [0.717, 1.165) is 18.5 Å². The van der Waals surface area contributed by atoms with Crippen molar-refractivity contribution < 1.29 is 9.18 Å². The van der Waals surface area contributed by atoms with E-state index in [1.165, 1.54) is 12.4 Å². The fourth-order valence-corrected chi connectivity index (χ4v) is 3.52. The zero-order valence-electron chi connectivity index (χ0n) is 12.5. The van der Waals surface area contributed by atoms with Gasteiger partial charge in [-0.15, -0.1) is 0 Å². The molecule has 2 saturated heterocycles. The molecule has 0 spiro atoms. The van der Waals surface area contributed by atoms with Gasteiger partial charge in [-0.25, -0.2) is 14.4 Å². The number of halogens is 1. The lowest BCUT2D eigenvalue weighted by Crippen LogP contribution is -2.37. The molecule has 23 heavy (non-hydrogen) atoms. The van der Waals surface area contributed by atoms with Gasteiger partial charge < -0.3 is 9.80 Å². The Kier molecular flexibility index (Phi) is 3.40. The Morgan fingerprint density at radius 3 is 2.78 bits per heavy atom. The van der Waals surface area contributed by atoms with E-state index in [1.54, 1.807) is 12.4 Å². The van der Waals surface area contributed by atoms with E-state index in [4.69, 9.17) is 0 Å². The van der Waals surface area contributed by atoms with Crippen LogP contribution in [-0.2, 0) is 11.3 Å². The number of nitrogens with zero attached hydrogens (tertiary/aromatic N) is 5. The van der Waals surface area contributed by atoms with E-state index in [0.29, 0.717) is 18.9 Å². The molecule has 2 aliphatic heterocycles. The number of aromatic nitrogens is 3. The third kappa shape index (κ3) is 2.52. The second-order valence-electron chi connectivity index (χ2n) is 5.91. The summed E-state index contributed by atoms with van der Waals surface area (Å²) in [4.78, 5) is 28.6. The van der Waals surface area contributed by atoms with Crippen LogP contribution >= 0.6 is 0 Å². The first-order chi connectivity index (χ1) is 11.2. The summed E-state index contributed by atoms with van der Waals surface area (Å²) >= 11 is 0. The van der Waals surface area contributed by atoms with Crippen LogP contribution in [0.25, 0.3) is 0 Å². The second kappa shape index (κ2) is 5.57. The van der Waals surface area contributed by atoms with Crippen molar-refractivity contribution in [2.24, 2.45) is 0 Å². The van der Waals surface area contributed by atoms with Crippen molar-refractivity contribution in [3.63, 3.8) is 0 Å². The topological polar surface area (TPSA) is 62.2 Å². The minimum Gasteiger partial charge on any atom is -0.335 e. The largest absolute Gasteiger partial charge is 0.335 e. The van der Waals surface area contributed by atoms with Gasteiger partial charge in [-0.2, -0.15) is 0 Å². The maximum absolute atomic E-state index is 13.0. The minimum absolute atomic E-state index is 0.0598. The molecule has 2 aliphatic rings. The first-order valence-electron chi connectivity index (χ1n) is 7.65. The Bertz CT molecular complexity index is 708. The fourth-order valence-electron chi connectivity index (χ4n) is 3.52. The molecule has 2 aromatic rings. The normalized spacial score (nSPS) is 23.4. The number of hydrogen-bond donors (Lipinski definition) is 0. The maximum Gasteiger partial charge on any atom is 0.225 e. The number of carbonyl (C=O) groups is 1. The number of fused-ring (bicyclic) bond motifs is 1. The van der Waals surface area contributed by atoms with Gasteiger partial charge in [0.15, 0.2) is 5.82 Å². The van der Waals surface area contributed by atoms with Crippen molar-refractivity contribution in [3.8, 4) is 0 Å². The molecule has 2 fully saturated rings. The summed E-state index contributed by atoms with van der Waals surface area (Å²) in [5.74, 6) is 0.177. The van der Waals surface area contributed by atoms with Crippen molar-refractivity contribution in [1.29, 1.82) is 0 Å². The Hall–Kier alpha value is -2.57. The van der Waals surface area contributed by atoms with Gasteiger partial charge in [0.1, 0.15) is 0 Å². The van der Waals surface area contributed by atoms with Gasteiger partial charge in [0, 0.05) is 31.9 Å². The lowest BCUT2D eigenvalue weighted by atomic mass is 10.1. The van der Waals surface area contributed by atoms with Crippen LogP contribution in [0.3, 0.4) is 0 Å². The average molecular weight is 313 g/mol. The molecule has 4 rings (SSSR count). The van der Waals surface area contributed by atoms with Gasteiger partial charge in [0.25, 0.3) is 0 Å². The molecule has 0 unspecified atom stereocenters. The molecule has 0 bridgehead atoms. The predicted octanol–water partition coefficient (Wildman–Crippen LogP) is 1.39. The zero-order chi connectivity index (χ0) is 15.8. The highest BCUT2D eigenvalue weighted by atomic mass is 19.1. The highest BCUT2D eigenvalue weighted by Crippen LogP contribution is 2.35. The molecule has 0 aromatic carbocycles. The Morgan fingerprint density at radius 2 is 2.04 bits per heavy atom. The number of amides is 1. The summed E-state index contributed by atoms with van der Waals surface area (Å²) in [5, 5.41) is 0. The van der Waals surface area contributed by atoms with Crippen molar-refractivity contribution in [3.05, 3.63) is 48.3 Å². The predicted molar refractivity (Wildman–Crippen MR) is 80.9 cm³/mol. The summed E-state index contributed by atoms with van der Waals surface area (Å²) in [6.07, 6.45) is 7.17. The number of carbonyl (C=O) groups excluding carboxylic acids is 1. The van der Waals surface area contributed by atoms with Crippen molar-refractivity contribution in [1.82, 2.24) is 19.9 Å². The Balaban J connectivity index is 1.54. The van der Waals surface area contributed by atoms with Crippen LogP contribution in [0.2, 0.25) is 0 Å². The van der Waals surface area contributed by atoms with Crippen LogP contribution in [0.4, 0.5) is 10.3 Å². The van der Waals surface area contributed by atoms with Crippen molar-refractivity contribution in [2.75, 3.05) is 11.4 Å². The van der Waals surface area contributed by atoms with Crippen LogP contribution in [0, 0.1) is 5.82 Å². The lowest BCUT2D eigenvalue weighted by Gasteiger charge is -2.25. The van der Waals surface area contributed by atoms with E-state index < -0.39 is 5.82 Å². The number of rotatable bonds is 3. The van der Waals surface area contributed by atoms with Crippen LogP contribution in [-0.4, -0.2) is 44.4 Å². The number of anilines is 1. The molecular weight excluding hydrogens is 297 g/mol. The standard InChI is InChI=1S/C16H16FN5O/c17-12-8-19-16(20-9-12)21-5-3-13-14(21)6-15(23)22(13)10-11-2-1-4-18-7-11/h1-2,4,7-9,13-14H,3,5-6,10H2/t13-,14-/m1/s1. The summed E-state index contributed by atoms with van der Waals surface area (Å²) in [7, 11) is 0. The number of hydrogen-bond acceptors (Lipinski definition) is 5. The van der Waals surface area contributed by atoms with E-state index in [9.17, 15) is 9.18 Å². The van der Waals surface area contributed by atoms with Crippen LogP contribution in [0.1, 0.15) is 18.4 Å². The van der Waals surface area contributed by atoms with E-state index in [2.05, 4.69) is 15.0 Å². The molecule has 0 radical (unpaired) electrons. The van der Waals surface area contributed by atoms with Gasteiger partial charge in [0.05, 0.1) is 24.5 Å². The molecule has 7 heteroatoms. The van der Waals surface area contributed by atoms with Crippen molar-refractivity contribution >= 4 is 11.9 Å². The molecule has 2 aromatic heterocycles. The monoisotopic (exact) mass is 313 g/mol. The number of pyridine rings is 1. The Labute approximate surface area is 133 Å². The smallest absolute Gasteiger partial charge is 0.225 e. The molecule has 0 saturated carbocycles. The highest BCUT2D eigenvalue weighted by molar-refractivity contribution is 5.81.